The van der Waals surface area contributed by atoms with Crippen molar-refractivity contribution in [1.29, 1.82) is 0 Å². The number of nitrogens with two attached hydrogens (primary N) is 1. The van der Waals surface area contributed by atoms with Gasteiger partial charge in [0.1, 0.15) is 0 Å². The molecule has 0 heterocycles. The Morgan fingerprint density at radius 1 is 1.38 bits per heavy atom. The first-order chi connectivity index (χ1) is 7.66. The van der Waals surface area contributed by atoms with Gasteiger partial charge in [-0.25, -0.2) is 0 Å². The summed E-state index contributed by atoms with van der Waals surface area (Å²) < 4.78 is 0. The molecule has 1 saturated carbocycles. The Balaban J connectivity index is 1.76. The summed E-state index contributed by atoms with van der Waals surface area (Å²) in [5, 5.41) is 0. The molecule has 2 heteroatoms. The molecule has 2 atom stereocenters. The van der Waals surface area contributed by atoms with Gasteiger partial charge in [0.15, 0.2) is 0 Å². The summed E-state index contributed by atoms with van der Waals surface area (Å²) in [4.78, 5) is 2.43. The molecule has 16 heavy (non-hydrogen) atoms. The summed E-state index contributed by atoms with van der Waals surface area (Å²) >= 11 is 0. The molecule has 1 aromatic rings. The van der Waals surface area contributed by atoms with E-state index in [1.54, 1.807) is 0 Å². The van der Waals surface area contributed by atoms with Crippen LogP contribution in [0.2, 0.25) is 0 Å². The number of nitrogen functional groups attached to an aromatic ring is 1. The first-order valence-corrected chi connectivity index (χ1v) is 6.18. The number of para-hydroxylation sites is 1. The molecular weight excluding hydrogens is 196 g/mol. The van der Waals surface area contributed by atoms with Gasteiger partial charge in [-0.1, -0.05) is 25.1 Å². The molecule has 0 spiro atoms. The highest BCUT2D eigenvalue weighted by Gasteiger charge is 2.32. The van der Waals surface area contributed by atoms with Gasteiger partial charge < -0.3 is 10.6 Å². The van der Waals surface area contributed by atoms with Crippen molar-refractivity contribution in [2.75, 3.05) is 25.9 Å². The van der Waals surface area contributed by atoms with Crippen LogP contribution < -0.4 is 5.73 Å². The van der Waals surface area contributed by atoms with E-state index < -0.39 is 0 Å². The number of rotatable bonds is 5. The Morgan fingerprint density at radius 2 is 2.06 bits per heavy atom. The van der Waals surface area contributed by atoms with E-state index in [1.165, 1.54) is 18.5 Å². The minimum absolute atomic E-state index is 0.927. The zero-order valence-electron chi connectivity index (χ0n) is 10.3. The SMILES string of the molecule is CC1CC1CN(C)CCc1ccccc1N. The molecular formula is C14H22N2. The largest absolute Gasteiger partial charge is 0.399 e. The Morgan fingerprint density at radius 3 is 2.69 bits per heavy atom. The second-order valence-corrected chi connectivity index (χ2v) is 5.18. The van der Waals surface area contributed by atoms with Crippen molar-refractivity contribution >= 4 is 5.69 Å². The average molecular weight is 218 g/mol. The lowest BCUT2D eigenvalue weighted by Gasteiger charge is -2.16. The molecule has 0 aliphatic heterocycles. The Kier molecular flexibility index (Phi) is 3.49. The lowest BCUT2D eigenvalue weighted by Crippen LogP contribution is -2.24. The van der Waals surface area contributed by atoms with E-state index >= 15 is 0 Å². The van der Waals surface area contributed by atoms with Gasteiger partial charge in [0.25, 0.3) is 0 Å². The zero-order chi connectivity index (χ0) is 11.5. The van der Waals surface area contributed by atoms with E-state index in [0.29, 0.717) is 0 Å². The average Bonchev–Trinajstić information content (AvgIpc) is 2.93. The van der Waals surface area contributed by atoms with Gasteiger partial charge in [0, 0.05) is 18.8 Å². The topological polar surface area (TPSA) is 29.3 Å². The van der Waals surface area contributed by atoms with Gasteiger partial charge in [-0.15, -0.1) is 0 Å². The van der Waals surface area contributed by atoms with Gasteiger partial charge in [-0.2, -0.15) is 0 Å². The highest BCUT2D eigenvalue weighted by molar-refractivity contribution is 5.46. The molecule has 0 bridgehead atoms. The minimum atomic E-state index is 0.927. The van der Waals surface area contributed by atoms with Crippen molar-refractivity contribution in [1.82, 2.24) is 4.90 Å². The monoisotopic (exact) mass is 218 g/mol. The van der Waals surface area contributed by atoms with E-state index in [2.05, 4.69) is 31.0 Å². The summed E-state index contributed by atoms with van der Waals surface area (Å²) in [5.74, 6) is 1.89. The molecule has 2 nitrogen and oxygen atoms in total. The molecule has 0 aromatic heterocycles. The highest BCUT2D eigenvalue weighted by atomic mass is 15.1. The van der Waals surface area contributed by atoms with E-state index in [9.17, 15) is 0 Å². The number of anilines is 1. The number of likely N-dealkylation sites (N-methyl/N-ethyl adjacent to an activating group) is 1. The Hall–Kier alpha value is -1.02. The summed E-state index contributed by atoms with van der Waals surface area (Å²) in [6.07, 6.45) is 2.47. The van der Waals surface area contributed by atoms with Crippen molar-refractivity contribution in [2.45, 2.75) is 19.8 Å². The highest BCUT2D eigenvalue weighted by Crippen LogP contribution is 2.37. The molecule has 2 N–H and O–H groups in total. The molecule has 88 valence electrons. The zero-order valence-corrected chi connectivity index (χ0v) is 10.3. The Bertz CT molecular complexity index is 348. The third-order valence-corrected chi connectivity index (χ3v) is 3.64. The smallest absolute Gasteiger partial charge is 0.0347 e. The maximum absolute atomic E-state index is 5.92. The maximum atomic E-state index is 5.92. The normalized spacial score (nSPS) is 23.7. The van der Waals surface area contributed by atoms with Crippen LogP contribution >= 0.6 is 0 Å². The van der Waals surface area contributed by atoms with Gasteiger partial charge in [0.05, 0.1) is 0 Å². The second kappa shape index (κ2) is 4.88. The van der Waals surface area contributed by atoms with Crippen LogP contribution in [-0.2, 0) is 6.42 Å². The molecule has 1 aliphatic carbocycles. The molecule has 2 unspecified atom stereocenters. The number of nitrogens with zero attached hydrogens (tertiary/aromatic N) is 1. The second-order valence-electron chi connectivity index (χ2n) is 5.18. The Labute approximate surface area is 98.4 Å². The predicted molar refractivity (Wildman–Crippen MR) is 69.3 cm³/mol. The van der Waals surface area contributed by atoms with Crippen LogP contribution in [0.3, 0.4) is 0 Å². The maximum Gasteiger partial charge on any atom is 0.0347 e. The van der Waals surface area contributed by atoms with Crippen molar-refractivity contribution in [2.24, 2.45) is 11.8 Å². The van der Waals surface area contributed by atoms with Crippen LogP contribution in [-0.4, -0.2) is 25.0 Å². The summed E-state index contributed by atoms with van der Waals surface area (Å²) in [6.45, 7) is 4.69. The summed E-state index contributed by atoms with van der Waals surface area (Å²) in [7, 11) is 2.21. The van der Waals surface area contributed by atoms with Crippen molar-refractivity contribution in [3.8, 4) is 0 Å². The molecule has 0 radical (unpaired) electrons. The van der Waals surface area contributed by atoms with Gasteiger partial charge >= 0.3 is 0 Å². The number of hydrogen-bond donors (Lipinski definition) is 1. The fourth-order valence-electron chi connectivity index (χ4n) is 2.22. The van der Waals surface area contributed by atoms with E-state index in [-0.39, 0.29) is 0 Å². The van der Waals surface area contributed by atoms with Gasteiger partial charge in [-0.05, 0) is 43.4 Å². The molecule has 1 aliphatic rings. The van der Waals surface area contributed by atoms with Crippen LogP contribution in [0.1, 0.15) is 18.9 Å². The van der Waals surface area contributed by atoms with Crippen molar-refractivity contribution in [3.05, 3.63) is 29.8 Å². The summed E-state index contributed by atoms with van der Waals surface area (Å²) in [6, 6.07) is 8.17. The first kappa shape index (κ1) is 11.5. The quantitative estimate of drug-likeness (QED) is 0.769. The van der Waals surface area contributed by atoms with E-state index in [0.717, 1.165) is 30.5 Å². The van der Waals surface area contributed by atoms with Gasteiger partial charge in [-0.3, -0.25) is 0 Å². The van der Waals surface area contributed by atoms with Crippen molar-refractivity contribution < 1.29 is 0 Å². The standard InChI is InChI=1S/C14H22N2/c1-11-9-13(11)10-16(2)8-7-12-5-3-4-6-14(12)15/h3-6,11,13H,7-10,15H2,1-2H3. The summed E-state index contributed by atoms with van der Waals surface area (Å²) in [5.41, 5.74) is 8.13. The fraction of sp³-hybridized carbons (Fsp3) is 0.571. The molecule has 0 amide bonds. The van der Waals surface area contributed by atoms with Crippen LogP contribution in [0.15, 0.2) is 24.3 Å². The number of benzene rings is 1. The predicted octanol–water partition coefficient (Wildman–Crippen LogP) is 2.40. The fourth-order valence-corrected chi connectivity index (χ4v) is 2.22. The molecule has 0 saturated heterocycles. The first-order valence-electron chi connectivity index (χ1n) is 6.18. The lowest BCUT2D eigenvalue weighted by atomic mass is 10.1. The van der Waals surface area contributed by atoms with Crippen LogP contribution in [0, 0.1) is 11.8 Å². The minimum Gasteiger partial charge on any atom is -0.399 e. The van der Waals surface area contributed by atoms with Gasteiger partial charge in [0.2, 0.25) is 0 Å². The van der Waals surface area contributed by atoms with Crippen LogP contribution in [0.25, 0.3) is 0 Å². The number of hydrogen-bond acceptors (Lipinski definition) is 2. The third kappa shape index (κ3) is 2.99. The third-order valence-electron chi connectivity index (χ3n) is 3.64. The van der Waals surface area contributed by atoms with Crippen LogP contribution in [0.4, 0.5) is 5.69 Å². The lowest BCUT2D eigenvalue weighted by molar-refractivity contribution is 0.319. The van der Waals surface area contributed by atoms with Crippen molar-refractivity contribution in [3.63, 3.8) is 0 Å². The molecule has 1 aromatic carbocycles. The van der Waals surface area contributed by atoms with E-state index in [4.69, 9.17) is 5.73 Å². The van der Waals surface area contributed by atoms with Crippen LogP contribution in [0.5, 0.6) is 0 Å². The van der Waals surface area contributed by atoms with E-state index in [1.807, 2.05) is 12.1 Å². The molecule has 1 fully saturated rings. The molecule has 2 rings (SSSR count).